The second kappa shape index (κ2) is 5.20. The molecule has 1 heterocycles. The van der Waals surface area contributed by atoms with Gasteiger partial charge < -0.3 is 0 Å². The molecule has 2 rings (SSSR count). The Morgan fingerprint density at radius 1 is 1.20 bits per heavy atom. The van der Waals surface area contributed by atoms with E-state index in [9.17, 15) is 26.4 Å². The van der Waals surface area contributed by atoms with Crippen molar-refractivity contribution < 1.29 is 26.4 Å². The molecule has 1 aromatic rings. The van der Waals surface area contributed by atoms with Crippen LogP contribution in [0.5, 0.6) is 0 Å². The summed E-state index contributed by atoms with van der Waals surface area (Å²) in [4.78, 5) is 11.9. The van der Waals surface area contributed by atoms with Crippen LogP contribution < -0.4 is 0 Å². The molecule has 0 saturated carbocycles. The average Bonchev–Trinajstić information content (AvgIpc) is 2.69. The maximum atomic E-state index is 12.4. The van der Waals surface area contributed by atoms with Gasteiger partial charge in [-0.2, -0.15) is 13.2 Å². The van der Waals surface area contributed by atoms with Gasteiger partial charge in [0, 0.05) is 12.3 Å². The SMILES string of the molecule is O=C(Cc1ccc(C(F)(F)F)cc1)C1CCS(=O)(=O)C1. The Labute approximate surface area is 114 Å². The van der Waals surface area contributed by atoms with Crippen LogP contribution in [0, 0.1) is 5.92 Å². The fourth-order valence-corrected chi connectivity index (χ4v) is 3.98. The third-order valence-electron chi connectivity index (χ3n) is 3.35. The molecule has 1 aliphatic heterocycles. The van der Waals surface area contributed by atoms with Gasteiger partial charge >= 0.3 is 6.18 Å². The maximum absolute atomic E-state index is 12.4. The Morgan fingerprint density at radius 2 is 1.80 bits per heavy atom. The first-order valence-electron chi connectivity index (χ1n) is 6.07. The number of hydrogen-bond acceptors (Lipinski definition) is 3. The van der Waals surface area contributed by atoms with Crippen molar-refractivity contribution in [3.8, 4) is 0 Å². The lowest BCUT2D eigenvalue weighted by Crippen LogP contribution is -2.18. The van der Waals surface area contributed by atoms with Crippen LogP contribution in [0.2, 0.25) is 0 Å². The number of Topliss-reactive ketones (excluding diaryl/α,β-unsaturated/α-hetero) is 1. The van der Waals surface area contributed by atoms with Crippen LogP contribution in [-0.2, 0) is 27.2 Å². The van der Waals surface area contributed by atoms with Gasteiger partial charge in [-0.3, -0.25) is 4.79 Å². The third kappa shape index (κ3) is 3.59. The molecule has 7 heteroatoms. The van der Waals surface area contributed by atoms with E-state index in [0.29, 0.717) is 12.0 Å². The zero-order valence-corrected chi connectivity index (χ0v) is 11.3. The van der Waals surface area contributed by atoms with Gasteiger partial charge in [0.2, 0.25) is 0 Å². The number of sulfone groups is 1. The van der Waals surface area contributed by atoms with Crippen molar-refractivity contribution in [3.05, 3.63) is 35.4 Å². The Hall–Kier alpha value is -1.37. The number of rotatable bonds is 3. The lowest BCUT2D eigenvalue weighted by atomic mass is 9.97. The van der Waals surface area contributed by atoms with Crippen LogP contribution in [0.4, 0.5) is 13.2 Å². The van der Waals surface area contributed by atoms with E-state index in [4.69, 9.17) is 0 Å². The molecule has 1 fully saturated rings. The topological polar surface area (TPSA) is 51.2 Å². The van der Waals surface area contributed by atoms with Gasteiger partial charge in [-0.05, 0) is 24.1 Å². The van der Waals surface area contributed by atoms with E-state index in [1.807, 2.05) is 0 Å². The normalized spacial score (nSPS) is 21.9. The van der Waals surface area contributed by atoms with E-state index in [-0.39, 0.29) is 23.7 Å². The summed E-state index contributed by atoms with van der Waals surface area (Å²) in [6.45, 7) is 0. The van der Waals surface area contributed by atoms with Gasteiger partial charge in [0.25, 0.3) is 0 Å². The van der Waals surface area contributed by atoms with Gasteiger partial charge in [0.1, 0.15) is 5.78 Å². The first-order valence-corrected chi connectivity index (χ1v) is 7.89. The van der Waals surface area contributed by atoms with Crippen molar-refractivity contribution in [2.45, 2.75) is 19.0 Å². The molecule has 0 bridgehead atoms. The minimum atomic E-state index is -4.40. The summed E-state index contributed by atoms with van der Waals surface area (Å²) in [5.74, 6) is -0.892. The molecule has 0 spiro atoms. The summed E-state index contributed by atoms with van der Waals surface area (Å²) < 4.78 is 59.7. The van der Waals surface area contributed by atoms with Crippen molar-refractivity contribution >= 4 is 15.6 Å². The summed E-state index contributed by atoms with van der Waals surface area (Å²) in [6, 6.07) is 4.36. The van der Waals surface area contributed by atoms with Crippen LogP contribution in [-0.4, -0.2) is 25.7 Å². The third-order valence-corrected chi connectivity index (χ3v) is 5.12. The molecule has 3 nitrogen and oxygen atoms in total. The molecule has 0 aromatic heterocycles. The fraction of sp³-hybridized carbons (Fsp3) is 0.462. The fourth-order valence-electron chi connectivity index (χ4n) is 2.21. The highest BCUT2D eigenvalue weighted by atomic mass is 32.2. The molecule has 1 atom stereocenters. The molecule has 1 aromatic carbocycles. The zero-order valence-electron chi connectivity index (χ0n) is 10.5. The average molecular weight is 306 g/mol. The van der Waals surface area contributed by atoms with Crippen molar-refractivity contribution in [1.29, 1.82) is 0 Å². The van der Waals surface area contributed by atoms with Crippen LogP contribution in [0.15, 0.2) is 24.3 Å². The molecule has 1 saturated heterocycles. The van der Waals surface area contributed by atoms with E-state index in [2.05, 4.69) is 0 Å². The van der Waals surface area contributed by atoms with Gasteiger partial charge in [-0.25, -0.2) is 8.42 Å². The van der Waals surface area contributed by atoms with E-state index in [0.717, 1.165) is 12.1 Å². The van der Waals surface area contributed by atoms with Crippen molar-refractivity contribution in [2.75, 3.05) is 11.5 Å². The highest BCUT2D eigenvalue weighted by Gasteiger charge is 2.33. The smallest absolute Gasteiger partial charge is 0.299 e. The van der Waals surface area contributed by atoms with E-state index >= 15 is 0 Å². The largest absolute Gasteiger partial charge is 0.416 e. The van der Waals surface area contributed by atoms with Crippen LogP contribution in [0.3, 0.4) is 0 Å². The molecular weight excluding hydrogens is 293 g/mol. The first kappa shape index (κ1) is 15.0. The Morgan fingerprint density at radius 3 is 2.25 bits per heavy atom. The van der Waals surface area contributed by atoms with Crippen LogP contribution >= 0.6 is 0 Å². The monoisotopic (exact) mass is 306 g/mol. The van der Waals surface area contributed by atoms with E-state index in [1.165, 1.54) is 12.1 Å². The van der Waals surface area contributed by atoms with Crippen molar-refractivity contribution in [2.24, 2.45) is 5.92 Å². The molecule has 0 radical (unpaired) electrons. The minimum absolute atomic E-state index is 0.0103. The minimum Gasteiger partial charge on any atom is -0.299 e. The maximum Gasteiger partial charge on any atom is 0.416 e. The summed E-state index contributed by atoms with van der Waals surface area (Å²) in [5, 5.41) is 0. The van der Waals surface area contributed by atoms with E-state index < -0.39 is 27.5 Å². The highest BCUT2D eigenvalue weighted by Crippen LogP contribution is 2.29. The lowest BCUT2D eigenvalue weighted by molar-refractivity contribution is -0.137. The molecule has 1 unspecified atom stereocenters. The number of halogens is 3. The van der Waals surface area contributed by atoms with Crippen LogP contribution in [0.25, 0.3) is 0 Å². The molecule has 0 amide bonds. The number of alkyl halides is 3. The van der Waals surface area contributed by atoms with E-state index in [1.54, 1.807) is 0 Å². The van der Waals surface area contributed by atoms with Gasteiger partial charge in [-0.15, -0.1) is 0 Å². The van der Waals surface area contributed by atoms with Crippen molar-refractivity contribution in [3.63, 3.8) is 0 Å². The summed E-state index contributed by atoms with van der Waals surface area (Å²) in [6.07, 6.45) is -4.12. The zero-order chi connectivity index (χ0) is 15.0. The Bertz CT molecular complexity index is 603. The van der Waals surface area contributed by atoms with Gasteiger partial charge in [0.15, 0.2) is 9.84 Å². The lowest BCUT2D eigenvalue weighted by Gasteiger charge is -2.09. The van der Waals surface area contributed by atoms with Gasteiger partial charge in [0.05, 0.1) is 17.1 Å². The number of carbonyl (C=O) groups excluding carboxylic acids is 1. The predicted molar refractivity (Wildman–Crippen MR) is 66.9 cm³/mol. The molecule has 0 aliphatic carbocycles. The number of ketones is 1. The summed E-state index contributed by atoms with van der Waals surface area (Å²) >= 11 is 0. The molecular formula is C13H13F3O3S. The number of benzene rings is 1. The predicted octanol–water partition coefficient (Wildman–Crippen LogP) is 2.25. The molecule has 1 aliphatic rings. The van der Waals surface area contributed by atoms with Crippen LogP contribution in [0.1, 0.15) is 17.5 Å². The standard InChI is InChI=1S/C13H13F3O3S/c14-13(15,16)11-3-1-9(2-4-11)7-12(17)10-5-6-20(18,19)8-10/h1-4,10H,5-8H2. The summed E-state index contributed by atoms with van der Waals surface area (Å²) in [7, 11) is -3.13. The van der Waals surface area contributed by atoms with Crippen molar-refractivity contribution in [1.82, 2.24) is 0 Å². The Balaban J connectivity index is 2.02. The quantitative estimate of drug-likeness (QED) is 0.860. The van der Waals surface area contributed by atoms with Gasteiger partial charge in [-0.1, -0.05) is 12.1 Å². The molecule has 0 N–H and O–H groups in total. The first-order chi connectivity index (χ1) is 9.17. The second-order valence-electron chi connectivity index (χ2n) is 4.94. The molecule has 110 valence electrons. The highest BCUT2D eigenvalue weighted by molar-refractivity contribution is 7.91. The number of carbonyl (C=O) groups is 1. The Kier molecular flexibility index (Phi) is 3.90. The molecule has 20 heavy (non-hydrogen) atoms. The summed E-state index contributed by atoms with van der Waals surface area (Å²) in [5.41, 5.74) is -0.301. The number of hydrogen-bond donors (Lipinski definition) is 0. The second-order valence-corrected chi connectivity index (χ2v) is 7.17.